The lowest BCUT2D eigenvalue weighted by Crippen LogP contribution is -2.33. The summed E-state index contributed by atoms with van der Waals surface area (Å²) < 4.78 is 0. The van der Waals surface area contributed by atoms with E-state index >= 15 is 0 Å². The summed E-state index contributed by atoms with van der Waals surface area (Å²) in [6, 6.07) is 4.88. The molecule has 0 aliphatic heterocycles. The Bertz CT molecular complexity index is 405. The highest BCUT2D eigenvalue weighted by molar-refractivity contribution is 5.92. The molecule has 1 aliphatic carbocycles. The molecule has 2 rings (SSSR count). The lowest BCUT2D eigenvalue weighted by Gasteiger charge is -2.11. The highest BCUT2D eigenvalue weighted by atomic mass is 16.2. The lowest BCUT2D eigenvalue weighted by molar-refractivity contribution is 0.0932. The monoisotopic (exact) mass is 206 g/mol. The number of hydrogen-bond acceptors (Lipinski definition) is 2. The molecule has 0 atom stereocenters. The number of aromatic nitrogens is 1. The van der Waals surface area contributed by atoms with Crippen LogP contribution in [0.1, 0.15) is 36.2 Å². The number of nitrogens with one attached hydrogen (secondary N) is 2. The van der Waals surface area contributed by atoms with Gasteiger partial charge in [0.1, 0.15) is 5.69 Å². The van der Waals surface area contributed by atoms with Crippen LogP contribution in [0.25, 0.3) is 0 Å². The maximum atomic E-state index is 11.7. The highest BCUT2D eigenvalue weighted by Gasteiger charge is 2.17. The van der Waals surface area contributed by atoms with Gasteiger partial charge in [-0.1, -0.05) is 18.9 Å². The summed E-state index contributed by atoms with van der Waals surface area (Å²) >= 11 is 0. The number of carbonyl (C=O) groups excluding carboxylic acids is 1. The largest absolute Gasteiger partial charge is 0.348 e. The normalized spacial score (nSPS) is 16.5. The molecule has 2 N–H and O–H groups in total. The van der Waals surface area contributed by atoms with Crippen molar-refractivity contribution >= 4 is 5.91 Å². The van der Waals surface area contributed by atoms with Gasteiger partial charge in [-0.15, -0.1) is 0 Å². The van der Waals surface area contributed by atoms with Gasteiger partial charge in [-0.25, -0.2) is 0 Å². The molecule has 1 heterocycles. The van der Waals surface area contributed by atoms with E-state index in [9.17, 15) is 9.59 Å². The predicted molar refractivity (Wildman–Crippen MR) is 56.8 cm³/mol. The van der Waals surface area contributed by atoms with E-state index in [0.29, 0.717) is 5.69 Å². The second-order valence-corrected chi connectivity index (χ2v) is 3.88. The molecule has 0 saturated heterocycles. The Morgan fingerprint density at radius 2 is 2.07 bits per heavy atom. The molecule has 0 bridgehead atoms. The van der Waals surface area contributed by atoms with E-state index in [1.54, 1.807) is 12.1 Å². The fourth-order valence-electron chi connectivity index (χ4n) is 1.91. The van der Waals surface area contributed by atoms with E-state index in [1.165, 1.54) is 18.9 Å². The first-order chi connectivity index (χ1) is 7.25. The molecule has 1 aliphatic rings. The van der Waals surface area contributed by atoms with Crippen LogP contribution in [0.15, 0.2) is 23.0 Å². The van der Waals surface area contributed by atoms with Crippen LogP contribution in [-0.4, -0.2) is 16.9 Å². The van der Waals surface area contributed by atoms with E-state index in [2.05, 4.69) is 10.3 Å². The number of pyridine rings is 1. The van der Waals surface area contributed by atoms with Gasteiger partial charge >= 0.3 is 0 Å². The summed E-state index contributed by atoms with van der Waals surface area (Å²) in [6.45, 7) is 0. The number of aromatic amines is 1. The Kier molecular flexibility index (Phi) is 2.85. The van der Waals surface area contributed by atoms with E-state index in [1.807, 2.05) is 0 Å². The van der Waals surface area contributed by atoms with Crippen molar-refractivity contribution in [3.05, 3.63) is 34.2 Å². The summed E-state index contributed by atoms with van der Waals surface area (Å²) in [6.07, 6.45) is 4.44. The van der Waals surface area contributed by atoms with Crippen molar-refractivity contribution in [1.82, 2.24) is 10.3 Å². The smallest absolute Gasteiger partial charge is 0.268 e. The van der Waals surface area contributed by atoms with Gasteiger partial charge in [0.25, 0.3) is 5.91 Å². The zero-order chi connectivity index (χ0) is 10.7. The average Bonchev–Trinajstić information content (AvgIpc) is 2.70. The Morgan fingerprint density at radius 3 is 2.73 bits per heavy atom. The van der Waals surface area contributed by atoms with Crippen LogP contribution in [0.4, 0.5) is 0 Å². The van der Waals surface area contributed by atoms with Gasteiger partial charge in [-0.05, 0) is 18.9 Å². The quantitative estimate of drug-likeness (QED) is 0.759. The van der Waals surface area contributed by atoms with Crippen molar-refractivity contribution in [2.24, 2.45) is 0 Å². The van der Waals surface area contributed by atoms with E-state index in [-0.39, 0.29) is 17.5 Å². The Balaban J connectivity index is 2.04. The third kappa shape index (κ3) is 2.46. The van der Waals surface area contributed by atoms with Crippen LogP contribution >= 0.6 is 0 Å². The molecular weight excluding hydrogens is 192 g/mol. The molecule has 1 aromatic rings. The molecule has 1 saturated carbocycles. The minimum absolute atomic E-state index is 0.181. The van der Waals surface area contributed by atoms with Gasteiger partial charge < -0.3 is 10.3 Å². The second-order valence-electron chi connectivity index (χ2n) is 3.88. The molecule has 0 spiro atoms. The first kappa shape index (κ1) is 9.96. The van der Waals surface area contributed by atoms with Crippen LogP contribution in [-0.2, 0) is 0 Å². The number of rotatable bonds is 2. The molecule has 15 heavy (non-hydrogen) atoms. The second kappa shape index (κ2) is 4.29. The summed E-state index contributed by atoms with van der Waals surface area (Å²) in [4.78, 5) is 25.2. The molecule has 1 aromatic heterocycles. The number of H-pyrrole nitrogens is 1. The van der Waals surface area contributed by atoms with Crippen molar-refractivity contribution < 1.29 is 4.79 Å². The summed E-state index contributed by atoms with van der Waals surface area (Å²) in [5, 5.41) is 2.91. The topological polar surface area (TPSA) is 62.0 Å². The van der Waals surface area contributed by atoms with E-state index in [4.69, 9.17) is 0 Å². The number of hydrogen-bond donors (Lipinski definition) is 2. The minimum atomic E-state index is -0.242. The van der Waals surface area contributed by atoms with Crippen molar-refractivity contribution in [3.63, 3.8) is 0 Å². The summed E-state index contributed by atoms with van der Waals surface area (Å²) in [5.41, 5.74) is 0.100. The molecule has 80 valence electrons. The third-order valence-electron chi connectivity index (χ3n) is 2.70. The van der Waals surface area contributed by atoms with Crippen LogP contribution in [0.2, 0.25) is 0 Å². The third-order valence-corrected chi connectivity index (χ3v) is 2.70. The van der Waals surface area contributed by atoms with Gasteiger partial charge in [-0.3, -0.25) is 9.59 Å². The summed E-state index contributed by atoms with van der Waals surface area (Å²) in [7, 11) is 0. The first-order valence-electron chi connectivity index (χ1n) is 5.26. The summed E-state index contributed by atoms with van der Waals surface area (Å²) in [5.74, 6) is -0.181. The van der Waals surface area contributed by atoms with Crippen molar-refractivity contribution in [2.75, 3.05) is 0 Å². The molecule has 0 unspecified atom stereocenters. The van der Waals surface area contributed by atoms with Crippen molar-refractivity contribution in [1.29, 1.82) is 0 Å². The maximum Gasteiger partial charge on any atom is 0.268 e. The highest BCUT2D eigenvalue weighted by Crippen LogP contribution is 2.17. The van der Waals surface area contributed by atoms with E-state index < -0.39 is 0 Å². The van der Waals surface area contributed by atoms with E-state index in [0.717, 1.165) is 12.8 Å². The fraction of sp³-hybridized carbons (Fsp3) is 0.455. The van der Waals surface area contributed by atoms with Gasteiger partial charge in [0.2, 0.25) is 5.56 Å². The fourth-order valence-corrected chi connectivity index (χ4v) is 1.91. The molecule has 0 radical (unpaired) electrons. The van der Waals surface area contributed by atoms with Gasteiger partial charge in [0, 0.05) is 12.1 Å². The van der Waals surface area contributed by atoms with Crippen LogP contribution < -0.4 is 10.9 Å². The zero-order valence-corrected chi connectivity index (χ0v) is 8.45. The van der Waals surface area contributed by atoms with Crippen molar-refractivity contribution in [3.8, 4) is 0 Å². The molecule has 4 heteroatoms. The SMILES string of the molecule is O=C(NC1CCCC1)c1cccc(=O)[nH]1. The molecular formula is C11H14N2O2. The molecule has 0 aromatic carbocycles. The van der Waals surface area contributed by atoms with Crippen LogP contribution in [0.3, 0.4) is 0 Å². The Morgan fingerprint density at radius 1 is 1.33 bits per heavy atom. The molecule has 1 fully saturated rings. The predicted octanol–water partition coefficient (Wildman–Crippen LogP) is 1.05. The Hall–Kier alpha value is -1.58. The minimum Gasteiger partial charge on any atom is -0.348 e. The number of carbonyl (C=O) groups is 1. The average molecular weight is 206 g/mol. The molecule has 1 amide bonds. The van der Waals surface area contributed by atoms with Gasteiger partial charge in [-0.2, -0.15) is 0 Å². The van der Waals surface area contributed by atoms with Gasteiger partial charge in [0.15, 0.2) is 0 Å². The van der Waals surface area contributed by atoms with Crippen LogP contribution in [0, 0.1) is 0 Å². The first-order valence-corrected chi connectivity index (χ1v) is 5.26. The zero-order valence-electron chi connectivity index (χ0n) is 8.45. The van der Waals surface area contributed by atoms with Crippen LogP contribution in [0.5, 0.6) is 0 Å². The molecule has 4 nitrogen and oxygen atoms in total. The van der Waals surface area contributed by atoms with Gasteiger partial charge in [0.05, 0.1) is 0 Å². The lowest BCUT2D eigenvalue weighted by atomic mass is 10.2. The Labute approximate surface area is 87.7 Å². The van der Waals surface area contributed by atoms with Crippen molar-refractivity contribution in [2.45, 2.75) is 31.7 Å². The standard InChI is InChI=1S/C11H14N2O2/c14-10-7-3-6-9(13-10)11(15)12-8-4-1-2-5-8/h3,6-8H,1-2,4-5H2,(H,12,15)(H,13,14). The maximum absolute atomic E-state index is 11.7. The number of amides is 1.